The fraction of sp³-hybridized carbons (Fsp3) is 0.353. The summed E-state index contributed by atoms with van der Waals surface area (Å²) in [4.78, 5) is 4.23. The lowest BCUT2D eigenvalue weighted by molar-refractivity contribution is 0.498. The van der Waals surface area contributed by atoms with Crippen molar-refractivity contribution in [2.24, 2.45) is 0 Å². The Morgan fingerprint density at radius 3 is 2.62 bits per heavy atom. The second kappa shape index (κ2) is 6.76. The molecule has 0 saturated heterocycles. The van der Waals surface area contributed by atoms with Crippen molar-refractivity contribution in [3.63, 3.8) is 0 Å². The molecule has 4 heteroatoms. The van der Waals surface area contributed by atoms with Crippen LogP contribution < -0.4 is 5.32 Å². The van der Waals surface area contributed by atoms with Gasteiger partial charge < -0.3 is 5.32 Å². The van der Waals surface area contributed by atoms with Crippen molar-refractivity contribution in [1.82, 2.24) is 10.3 Å². The molecule has 0 fully saturated rings. The van der Waals surface area contributed by atoms with Crippen LogP contribution in [0.4, 0.5) is 8.78 Å². The van der Waals surface area contributed by atoms with Crippen LogP contribution in [-0.2, 0) is 0 Å². The zero-order chi connectivity index (χ0) is 15.4. The average Bonchev–Trinajstić information content (AvgIpc) is 2.47. The van der Waals surface area contributed by atoms with Gasteiger partial charge >= 0.3 is 0 Å². The second-order valence-electron chi connectivity index (χ2n) is 5.16. The van der Waals surface area contributed by atoms with Crippen LogP contribution in [0.25, 0.3) is 0 Å². The molecule has 2 nitrogen and oxygen atoms in total. The molecule has 1 heterocycles. The van der Waals surface area contributed by atoms with Crippen molar-refractivity contribution in [2.45, 2.75) is 33.2 Å². The third-order valence-electron chi connectivity index (χ3n) is 3.57. The number of nitrogens with one attached hydrogen (secondary N) is 1. The van der Waals surface area contributed by atoms with Crippen LogP contribution in [0.2, 0.25) is 0 Å². The van der Waals surface area contributed by atoms with Gasteiger partial charge in [0.25, 0.3) is 0 Å². The number of nitrogens with zero attached hydrogens (tertiary/aromatic N) is 1. The van der Waals surface area contributed by atoms with Crippen LogP contribution in [0, 0.1) is 25.5 Å². The van der Waals surface area contributed by atoms with E-state index in [9.17, 15) is 8.78 Å². The van der Waals surface area contributed by atoms with Crippen LogP contribution >= 0.6 is 0 Å². The van der Waals surface area contributed by atoms with Gasteiger partial charge in [-0.25, -0.2) is 8.78 Å². The third-order valence-corrected chi connectivity index (χ3v) is 3.57. The van der Waals surface area contributed by atoms with Crippen LogP contribution in [0.5, 0.6) is 0 Å². The number of hydrogen-bond acceptors (Lipinski definition) is 2. The first-order chi connectivity index (χ1) is 10.1. The third kappa shape index (κ3) is 3.27. The van der Waals surface area contributed by atoms with Crippen molar-refractivity contribution >= 4 is 0 Å². The summed E-state index contributed by atoms with van der Waals surface area (Å²) in [6.45, 7) is 6.18. The summed E-state index contributed by atoms with van der Waals surface area (Å²) in [5.74, 6) is -1.03. The molecule has 0 aliphatic heterocycles. The first-order valence-corrected chi connectivity index (χ1v) is 7.15. The fourth-order valence-corrected chi connectivity index (χ4v) is 2.40. The Labute approximate surface area is 124 Å². The standard InChI is InChI=1S/C17H20F2N2/c1-4-9-21-17(13-6-5-10-20-12(13)3)15-14(18)8-7-11(2)16(15)19/h5-8,10,17,21H,4,9H2,1-3H3. The summed E-state index contributed by atoms with van der Waals surface area (Å²) in [6, 6.07) is 5.89. The molecule has 2 rings (SSSR count). The molecule has 1 atom stereocenters. The summed E-state index contributed by atoms with van der Waals surface area (Å²) in [5.41, 5.74) is 2.08. The Bertz CT molecular complexity index is 626. The zero-order valence-electron chi connectivity index (χ0n) is 12.6. The predicted octanol–water partition coefficient (Wildman–Crippen LogP) is 4.07. The number of aromatic nitrogens is 1. The molecule has 0 aliphatic rings. The van der Waals surface area contributed by atoms with Gasteiger partial charge in [0.15, 0.2) is 0 Å². The van der Waals surface area contributed by atoms with Crippen molar-refractivity contribution in [2.75, 3.05) is 6.54 Å². The number of benzene rings is 1. The monoisotopic (exact) mass is 290 g/mol. The zero-order valence-corrected chi connectivity index (χ0v) is 12.6. The van der Waals surface area contributed by atoms with E-state index in [0.717, 1.165) is 17.7 Å². The molecule has 21 heavy (non-hydrogen) atoms. The molecule has 1 unspecified atom stereocenters. The van der Waals surface area contributed by atoms with Crippen LogP contribution in [0.15, 0.2) is 30.5 Å². The van der Waals surface area contributed by atoms with Crippen LogP contribution in [-0.4, -0.2) is 11.5 Å². The first kappa shape index (κ1) is 15.6. The van der Waals surface area contributed by atoms with Gasteiger partial charge in [-0.1, -0.05) is 19.1 Å². The minimum atomic E-state index is -0.532. The molecular formula is C17H20F2N2. The summed E-state index contributed by atoms with van der Waals surface area (Å²) in [5, 5.41) is 3.23. The van der Waals surface area contributed by atoms with Crippen molar-refractivity contribution in [3.05, 3.63) is 64.5 Å². The maximum Gasteiger partial charge on any atom is 0.134 e. The molecule has 0 aliphatic carbocycles. The van der Waals surface area contributed by atoms with Crippen molar-refractivity contribution < 1.29 is 8.78 Å². The summed E-state index contributed by atoms with van der Waals surface area (Å²) >= 11 is 0. The Balaban J connectivity index is 2.56. The Kier molecular flexibility index (Phi) is 5.02. The minimum Gasteiger partial charge on any atom is -0.306 e. The highest BCUT2D eigenvalue weighted by Gasteiger charge is 2.24. The number of rotatable bonds is 5. The van der Waals surface area contributed by atoms with E-state index in [2.05, 4.69) is 10.3 Å². The summed E-state index contributed by atoms with van der Waals surface area (Å²) < 4.78 is 28.7. The molecule has 1 aromatic heterocycles. The SMILES string of the molecule is CCCNC(c1cccnc1C)c1c(F)ccc(C)c1F. The van der Waals surface area contributed by atoms with Crippen LogP contribution in [0.3, 0.4) is 0 Å². The van der Waals surface area contributed by atoms with E-state index in [1.54, 1.807) is 19.2 Å². The van der Waals surface area contributed by atoms with Crippen molar-refractivity contribution in [1.29, 1.82) is 0 Å². The highest BCUT2D eigenvalue weighted by molar-refractivity contribution is 5.37. The molecule has 0 amide bonds. The normalized spacial score (nSPS) is 12.4. The van der Waals surface area contributed by atoms with Gasteiger partial charge in [-0.2, -0.15) is 0 Å². The maximum atomic E-state index is 14.5. The van der Waals surface area contributed by atoms with Gasteiger partial charge in [-0.3, -0.25) is 4.98 Å². The van der Waals surface area contributed by atoms with E-state index in [1.165, 1.54) is 12.1 Å². The van der Waals surface area contributed by atoms with E-state index >= 15 is 0 Å². The first-order valence-electron chi connectivity index (χ1n) is 7.15. The Hall–Kier alpha value is -1.81. The number of halogens is 2. The molecule has 0 bridgehead atoms. The Morgan fingerprint density at radius 1 is 1.19 bits per heavy atom. The fourth-order valence-electron chi connectivity index (χ4n) is 2.40. The Morgan fingerprint density at radius 2 is 1.95 bits per heavy atom. The van der Waals surface area contributed by atoms with Gasteiger partial charge in [-0.05, 0) is 50.1 Å². The lowest BCUT2D eigenvalue weighted by Gasteiger charge is -2.22. The maximum absolute atomic E-state index is 14.5. The number of pyridine rings is 1. The highest BCUT2D eigenvalue weighted by atomic mass is 19.1. The molecule has 1 N–H and O–H groups in total. The van der Waals surface area contributed by atoms with Crippen LogP contribution in [0.1, 0.15) is 41.8 Å². The molecule has 2 aromatic rings. The molecule has 112 valence electrons. The van der Waals surface area contributed by atoms with Gasteiger partial charge in [-0.15, -0.1) is 0 Å². The molecule has 0 radical (unpaired) electrons. The average molecular weight is 290 g/mol. The highest BCUT2D eigenvalue weighted by Crippen LogP contribution is 2.29. The molecular weight excluding hydrogens is 270 g/mol. The van der Waals surface area contributed by atoms with Gasteiger partial charge in [0.1, 0.15) is 11.6 Å². The molecule has 1 aromatic carbocycles. The van der Waals surface area contributed by atoms with E-state index < -0.39 is 17.7 Å². The van der Waals surface area contributed by atoms with E-state index in [0.29, 0.717) is 12.1 Å². The van der Waals surface area contributed by atoms with Crippen molar-refractivity contribution in [3.8, 4) is 0 Å². The largest absolute Gasteiger partial charge is 0.306 e. The summed E-state index contributed by atoms with van der Waals surface area (Å²) in [6.07, 6.45) is 2.56. The van der Waals surface area contributed by atoms with Gasteiger partial charge in [0, 0.05) is 17.5 Å². The smallest absolute Gasteiger partial charge is 0.134 e. The van der Waals surface area contributed by atoms with Gasteiger partial charge in [0.05, 0.1) is 6.04 Å². The topological polar surface area (TPSA) is 24.9 Å². The quantitative estimate of drug-likeness (QED) is 0.898. The molecule has 0 spiro atoms. The predicted molar refractivity (Wildman–Crippen MR) is 80.2 cm³/mol. The van der Waals surface area contributed by atoms with E-state index in [-0.39, 0.29) is 5.56 Å². The number of hydrogen-bond donors (Lipinski definition) is 1. The molecule has 0 saturated carbocycles. The lowest BCUT2D eigenvalue weighted by Crippen LogP contribution is -2.26. The van der Waals surface area contributed by atoms with E-state index in [1.807, 2.05) is 19.9 Å². The number of aryl methyl sites for hydroxylation is 2. The second-order valence-corrected chi connectivity index (χ2v) is 5.16. The van der Waals surface area contributed by atoms with Gasteiger partial charge in [0.2, 0.25) is 0 Å². The lowest BCUT2D eigenvalue weighted by atomic mass is 9.95. The minimum absolute atomic E-state index is 0.0690. The summed E-state index contributed by atoms with van der Waals surface area (Å²) in [7, 11) is 0. The van der Waals surface area contributed by atoms with E-state index in [4.69, 9.17) is 0 Å².